The lowest BCUT2D eigenvalue weighted by Gasteiger charge is -2.10. The Morgan fingerprint density at radius 3 is 3.17 bits per heavy atom. The minimum absolute atomic E-state index is 0.00831. The zero-order chi connectivity index (χ0) is 12.8. The summed E-state index contributed by atoms with van der Waals surface area (Å²) in [7, 11) is 0. The second kappa shape index (κ2) is 6.81. The SMILES string of the molecule is Cc1cccc(CCCNC(=O)C2CSCN2)c1. The van der Waals surface area contributed by atoms with Gasteiger partial charge in [0, 0.05) is 18.2 Å². The van der Waals surface area contributed by atoms with Crippen LogP contribution in [0, 0.1) is 6.92 Å². The molecule has 4 heteroatoms. The number of nitrogens with one attached hydrogen (secondary N) is 2. The van der Waals surface area contributed by atoms with Crippen molar-refractivity contribution in [1.29, 1.82) is 0 Å². The van der Waals surface area contributed by atoms with Crippen molar-refractivity contribution >= 4 is 17.7 Å². The fourth-order valence-corrected chi connectivity index (χ4v) is 3.00. The van der Waals surface area contributed by atoms with Gasteiger partial charge >= 0.3 is 0 Å². The van der Waals surface area contributed by atoms with Gasteiger partial charge in [0.15, 0.2) is 0 Å². The highest BCUT2D eigenvalue weighted by Gasteiger charge is 2.21. The summed E-state index contributed by atoms with van der Waals surface area (Å²) in [5.41, 5.74) is 2.64. The molecule has 1 aromatic rings. The first-order valence-electron chi connectivity index (χ1n) is 6.40. The van der Waals surface area contributed by atoms with Crippen molar-refractivity contribution in [2.24, 2.45) is 0 Å². The molecule has 2 N–H and O–H groups in total. The highest BCUT2D eigenvalue weighted by atomic mass is 32.2. The van der Waals surface area contributed by atoms with E-state index in [1.54, 1.807) is 11.8 Å². The van der Waals surface area contributed by atoms with Crippen LogP contribution in [0.1, 0.15) is 17.5 Å². The van der Waals surface area contributed by atoms with Gasteiger partial charge in [-0.25, -0.2) is 0 Å². The van der Waals surface area contributed by atoms with Gasteiger partial charge in [0.1, 0.15) is 0 Å². The number of rotatable bonds is 5. The van der Waals surface area contributed by atoms with E-state index in [0.29, 0.717) is 0 Å². The number of hydrogen-bond acceptors (Lipinski definition) is 3. The van der Waals surface area contributed by atoms with E-state index in [0.717, 1.165) is 31.0 Å². The number of carbonyl (C=O) groups excluding carboxylic acids is 1. The van der Waals surface area contributed by atoms with Crippen LogP contribution in [0.4, 0.5) is 0 Å². The largest absolute Gasteiger partial charge is 0.355 e. The molecule has 0 radical (unpaired) electrons. The third kappa shape index (κ3) is 4.03. The van der Waals surface area contributed by atoms with Crippen molar-refractivity contribution in [2.45, 2.75) is 25.8 Å². The van der Waals surface area contributed by atoms with Crippen LogP contribution < -0.4 is 10.6 Å². The van der Waals surface area contributed by atoms with E-state index < -0.39 is 0 Å². The summed E-state index contributed by atoms with van der Waals surface area (Å²) >= 11 is 1.78. The van der Waals surface area contributed by atoms with E-state index in [4.69, 9.17) is 0 Å². The van der Waals surface area contributed by atoms with Gasteiger partial charge in [0.25, 0.3) is 0 Å². The van der Waals surface area contributed by atoms with Crippen LogP contribution in [0.15, 0.2) is 24.3 Å². The van der Waals surface area contributed by atoms with Crippen LogP contribution in [-0.2, 0) is 11.2 Å². The van der Waals surface area contributed by atoms with Crippen LogP contribution in [0.2, 0.25) is 0 Å². The van der Waals surface area contributed by atoms with Crippen molar-refractivity contribution < 1.29 is 4.79 Å². The van der Waals surface area contributed by atoms with Gasteiger partial charge in [0.05, 0.1) is 6.04 Å². The molecule has 98 valence electrons. The van der Waals surface area contributed by atoms with Crippen molar-refractivity contribution in [3.05, 3.63) is 35.4 Å². The normalized spacial score (nSPS) is 18.8. The predicted molar refractivity (Wildman–Crippen MR) is 76.8 cm³/mol. The molecule has 1 amide bonds. The first kappa shape index (κ1) is 13.4. The Balaban J connectivity index is 1.65. The Morgan fingerprint density at radius 2 is 2.44 bits per heavy atom. The lowest BCUT2D eigenvalue weighted by Crippen LogP contribution is -2.42. The lowest BCUT2D eigenvalue weighted by molar-refractivity contribution is -0.122. The number of hydrogen-bond donors (Lipinski definition) is 2. The molecule has 1 aliphatic rings. The van der Waals surface area contributed by atoms with Gasteiger partial charge in [-0.2, -0.15) is 0 Å². The first-order chi connectivity index (χ1) is 8.75. The predicted octanol–water partition coefficient (Wildman–Crippen LogP) is 1.71. The molecule has 3 nitrogen and oxygen atoms in total. The summed E-state index contributed by atoms with van der Waals surface area (Å²) in [6, 6.07) is 8.55. The smallest absolute Gasteiger partial charge is 0.238 e. The van der Waals surface area contributed by atoms with Gasteiger partial charge < -0.3 is 5.32 Å². The molecule has 1 atom stereocenters. The van der Waals surface area contributed by atoms with E-state index in [1.165, 1.54) is 11.1 Å². The third-order valence-corrected chi connectivity index (χ3v) is 4.00. The van der Waals surface area contributed by atoms with Crippen LogP contribution in [0.3, 0.4) is 0 Å². The quantitative estimate of drug-likeness (QED) is 0.796. The number of carbonyl (C=O) groups is 1. The van der Waals surface area contributed by atoms with Crippen LogP contribution >= 0.6 is 11.8 Å². The molecular formula is C14H20N2OS. The molecule has 1 heterocycles. The van der Waals surface area contributed by atoms with E-state index in [2.05, 4.69) is 41.8 Å². The molecule has 2 rings (SSSR count). The zero-order valence-corrected chi connectivity index (χ0v) is 11.6. The maximum Gasteiger partial charge on any atom is 0.238 e. The molecule has 1 aliphatic heterocycles. The Kier molecular flexibility index (Phi) is 5.08. The number of thioether (sulfide) groups is 1. The van der Waals surface area contributed by atoms with Crippen LogP contribution in [0.25, 0.3) is 0 Å². The van der Waals surface area contributed by atoms with E-state index in [9.17, 15) is 4.79 Å². The van der Waals surface area contributed by atoms with Gasteiger partial charge in [-0.3, -0.25) is 10.1 Å². The second-order valence-electron chi connectivity index (χ2n) is 4.66. The molecule has 1 saturated heterocycles. The summed E-state index contributed by atoms with van der Waals surface area (Å²) in [4.78, 5) is 11.7. The molecule has 1 fully saturated rings. The first-order valence-corrected chi connectivity index (χ1v) is 7.55. The van der Waals surface area contributed by atoms with E-state index in [-0.39, 0.29) is 11.9 Å². The Bertz CT molecular complexity index is 403. The van der Waals surface area contributed by atoms with Crippen LogP contribution in [0.5, 0.6) is 0 Å². The van der Waals surface area contributed by atoms with Gasteiger partial charge in [-0.15, -0.1) is 11.8 Å². The van der Waals surface area contributed by atoms with Gasteiger partial charge in [0.2, 0.25) is 5.91 Å². The molecule has 1 unspecified atom stereocenters. The molecule has 0 aliphatic carbocycles. The Labute approximate surface area is 113 Å². The summed E-state index contributed by atoms with van der Waals surface area (Å²) in [6.45, 7) is 2.87. The molecular weight excluding hydrogens is 244 g/mol. The second-order valence-corrected chi connectivity index (χ2v) is 5.69. The number of aryl methyl sites for hydroxylation is 2. The standard InChI is InChI=1S/C14H20N2OS/c1-11-4-2-5-12(8-11)6-3-7-15-14(17)13-9-18-10-16-13/h2,4-5,8,13,16H,3,6-7,9-10H2,1H3,(H,15,17). The summed E-state index contributed by atoms with van der Waals surface area (Å²) < 4.78 is 0. The third-order valence-electron chi connectivity index (χ3n) is 3.06. The fourth-order valence-electron chi connectivity index (χ4n) is 2.06. The van der Waals surface area contributed by atoms with E-state index in [1.807, 2.05) is 0 Å². The molecule has 18 heavy (non-hydrogen) atoms. The van der Waals surface area contributed by atoms with Crippen molar-refractivity contribution in [3.8, 4) is 0 Å². The summed E-state index contributed by atoms with van der Waals surface area (Å²) in [5.74, 6) is 1.93. The monoisotopic (exact) mass is 264 g/mol. The van der Waals surface area contributed by atoms with Crippen molar-refractivity contribution in [3.63, 3.8) is 0 Å². The van der Waals surface area contributed by atoms with Crippen molar-refractivity contribution in [2.75, 3.05) is 18.2 Å². The molecule has 1 aromatic carbocycles. The van der Waals surface area contributed by atoms with Gasteiger partial charge in [-0.05, 0) is 25.3 Å². The molecule has 0 bridgehead atoms. The van der Waals surface area contributed by atoms with E-state index >= 15 is 0 Å². The fraction of sp³-hybridized carbons (Fsp3) is 0.500. The lowest BCUT2D eigenvalue weighted by atomic mass is 10.1. The van der Waals surface area contributed by atoms with Crippen LogP contribution in [-0.4, -0.2) is 30.1 Å². The minimum Gasteiger partial charge on any atom is -0.355 e. The Hall–Kier alpha value is -1.00. The molecule has 0 saturated carbocycles. The minimum atomic E-state index is 0.00831. The maximum atomic E-state index is 11.7. The Morgan fingerprint density at radius 1 is 1.56 bits per heavy atom. The highest BCUT2D eigenvalue weighted by molar-refractivity contribution is 7.99. The maximum absolute atomic E-state index is 11.7. The average molecular weight is 264 g/mol. The highest BCUT2D eigenvalue weighted by Crippen LogP contribution is 2.09. The van der Waals surface area contributed by atoms with Crippen molar-refractivity contribution in [1.82, 2.24) is 10.6 Å². The zero-order valence-electron chi connectivity index (χ0n) is 10.7. The molecule has 0 aromatic heterocycles. The van der Waals surface area contributed by atoms with Gasteiger partial charge in [-0.1, -0.05) is 29.8 Å². The topological polar surface area (TPSA) is 41.1 Å². The molecule has 0 spiro atoms. The summed E-state index contributed by atoms with van der Waals surface area (Å²) in [5, 5.41) is 6.17. The number of amides is 1. The average Bonchev–Trinajstić information content (AvgIpc) is 2.88. The summed E-state index contributed by atoms with van der Waals surface area (Å²) in [6.07, 6.45) is 2.02. The number of benzene rings is 1.